The molecule has 2 unspecified atom stereocenters. The lowest BCUT2D eigenvalue weighted by atomic mass is 9.97. The van der Waals surface area contributed by atoms with E-state index >= 15 is 0 Å². The summed E-state index contributed by atoms with van der Waals surface area (Å²) in [5.41, 5.74) is 1.16. The molecule has 2 bridgehead atoms. The molecule has 3 heterocycles. The first-order valence-electron chi connectivity index (χ1n) is 7.61. The van der Waals surface area contributed by atoms with Gasteiger partial charge in [0.2, 0.25) is 0 Å². The maximum atomic E-state index is 4.37. The Morgan fingerprint density at radius 3 is 2.74 bits per heavy atom. The number of hydrogen-bond donors (Lipinski definition) is 1. The van der Waals surface area contributed by atoms with Crippen molar-refractivity contribution in [1.29, 1.82) is 0 Å². The molecule has 0 aliphatic carbocycles. The van der Waals surface area contributed by atoms with Gasteiger partial charge in [-0.15, -0.1) is 0 Å². The van der Waals surface area contributed by atoms with Gasteiger partial charge < -0.3 is 5.32 Å². The molecule has 0 radical (unpaired) electrons. The summed E-state index contributed by atoms with van der Waals surface area (Å²) in [4.78, 5) is 11.0. The Kier molecular flexibility index (Phi) is 4.09. The first-order chi connectivity index (χ1) is 9.36. The van der Waals surface area contributed by atoms with Gasteiger partial charge in [-0.05, 0) is 44.7 Å². The maximum Gasteiger partial charge on any atom is 0.115 e. The van der Waals surface area contributed by atoms with E-state index in [0.717, 1.165) is 36.9 Å². The highest BCUT2D eigenvalue weighted by Crippen LogP contribution is 2.36. The smallest absolute Gasteiger partial charge is 0.115 e. The lowest BCUT2D eigenvalue weighted by molar-refractivity contribution is 0.108. The van der Waals surface area contributed by atoms with Gasteiger partial charge in [-0.2, -0.15) is 0 Å². The van der Waals surface area contributed by atoms with Crippen molar-refractivity contribution >= 4 is 0 Å². The van der Waals surface area contributed by atoms with Crippen molar-refractivity contribution in [3.8, 4) is 0 Å². The summed E-state index contributed by atoms with van der Waals surface area (Å²) in [6.07, 6.45) is 10.1. The topological polar surface area (TPSA) is 41.0 Å². The summed E-state index contributed by atoms with van der Waals surface area (Å²) in [5.74, 6) is 0. The van der Waals surface area contributed by atoms with Crippen LogP contribution in [0.1, 0.15) is 44.7 Å². The van der Waals surface area contributed by atoms with Gasteiger partial charge in [0.25, 0.3) is 0 Å². The van der Waals surface area contributed by atoms with Crippen molar-refractivity contribution in [1.82, 2.24) is 20.2 Å². The zero-order valence-electron chi connectivity index (χ0n) is 11.8. The van der Waals surface area contributed by atoms with Crippen molar-refractivity contribution in [2.24, 2.45) is 0 Å². The number of rotatable bonds is 5. The fourth-order valence-corrected chi connectivity index (χ4v) is 3.65. The van der Waals surface area contributed by atoms with E-state index in [4.69, 9.17) is 0 Å². The average Bonchev–Trinajstić information content (AvgIpc) is 2.69. The molecule has 4 heteroatoms. The number of piperidine rings is 1. The SMILES string of the molecule is CCCNC1CC2CCC(C1)N2Cc1ccncn1. The molecule has 0 aromatic carbocycles. The van der Waals surface area contributed by atoms with Crippen LogP contribution < -0.4 is 5.32 Å². The van der Waals surface area contributed by atoms with E-state index in [-0.39, 0.29) is 0 Å². The van der Waals surface area contributed by atoms with Gasteiger partial charge in [-0.3, -0.25) is 4.90 Å². The second-order valence-electron chi connectivity index (χ2n) is 5.88. The molecule has 19 heavy (non-hydrogen) atoms. The van der Waals surface area contributed by atoms with Crippen molar-refractivity contribution in [3.05, 3.63) is 24.3 Å². The summed E-state index contributed by atoms with van der Waals surface area (Å²) in [6.45, 7) is 4.40. The summed E-state index contributed by atoms with van der Waals surface area (Å²) < 4.78 is 0. The first-order valence-corrected chi connectivity index (χ1v) is 7.61. The van der Waals surface area contributed by atoms with Gasteiger partial charge in [-0.25, -0.2) is 9.97 Å². The van der Waals surface area contributed by atoms with Crippen LogP contribution >= 0.6 is 0 Å². The zero-order valence-corrected chi connectivity index (χ0v) is 11.8. The van der Waals surface area contributed by atoms with Crippen molar-refractivity contribution in [2.75, 3.05) is 6.54 Å². The van der Waals surface area contributed by atoms with Gasteiger partial charge in [0.15, 0.2) is 0 Å². The molecule has 2 aliphatic heterocycles. The van der Waals surface area contributed by atoms with Crippen LogP contribution in [0.2, 0.25) is 0 Å². The number of aromatic nitrogens is 2. The molecular formula is C15H24N4. The Hall–Kier alpha value is -1.00. The molecule has 2 fully saturated rings. The number of nitrogens with one attached hydrogen (secondary N) is 1. The second kappa shape index (κ2) is 5.97. The third-order valence-corrected chi connectivity index (χ3v) is 4.56. The maximum absolute atomic E-state index is 4.37. The fraction of sp³-hybridized carbons (Fsp3) is 0.733. The lowest BCUT2D eigenvalue weighted by Gasteiger charge is -2.39. The van der Waals surface area contributed by atoms with Crippen LogP contribution in [0, 0.1) is 0 Å². The van der Waals surface area contributed by atoms with Crippen LogP contribution in [0.15, 0.2) is 18.6 Å². The fourth-order valence-electron chi connectivity index (χ4n) is 3.65. The molecule has 0 spiro atoms. The molecule has 104 valence electrons. The quantitative estimate of drug-likeness (QED) is 0.879. The monoisotopic (exact) mass is 260 g/mol. The van der Waals surface area contributed by atoms with Crippen LogP contribution in [0.25, 0.3) is 0 Å². The minimum absolute atomic E-state index is 0.735. The molecule has 1 aromatic rings. The Morgan fingerprint density at radius 1 is 1.32 bits per heavy atom. The first kappa shape index (κ1) is 13.0. The summed E-state index contributed by atoms with van der Waals surface area (Å²) in [7, 11) is 0. The van der Waals surface area contributed by atoms with E-state index in [9.17, 15) is 0 Å². The predicted molar refractivity (Wildman–Crippen MR) is 75.7 cm³/mol. The third kappa shape index (κ3) is 2.95. The van der Waals surface area contributed by atoms with Gasteiger partial charge in [0.1, 0.15) is 6.33 Å². The molecule has 0 amide bonds. The van der Waals surface area contributed by atoms with Gasteiger partial charge in [0, 0.05) is 30.9 Å². The molecule has 4 nitrogen and oxygen atoms in total. The largest absolute Gasteiger partial charge is 0.314 e. The molecule has 2 saturated heterocycles. The molecule has 1 aromatic heterocycles. The molecular weight excluding hydrogens is 236 g/mol. The van der Waals surface area contributed by atoms with Crippen molar-refractivity contribution in [2.45, 2.75) is 63.7 Å². The Labute approximate surface area is 115 Å². The highest BCUT2D eigenvalue weighted by atomic mass is 15.2. The van der Waals surface area contributed by atoms with Gasteiger partial charge in [0.05, 0.1) is 5.69 Å². The Balaban J connectivity index is 1.60. The predicted octanol–water partition coefficient (Wildman–Crippen LogP) is 1.97. The third-order valence-electron chi connectivity index (χ3n) is 4.56. The van der Waals surface area contributed by atoms with E-state index in [2.05, 4.69) is 27.1 Å². The number of nitrogens with zero attached hydrogens (tertiary/aromatic N) is 3. The van der Waals surface area contributed by atoms with E-state index < -0.39 is 0 Å². The van der Waals surface area contributed by atoms with Crippen molar-refractivity contribution < 1.29 is 0 Å². The van der Waals surface area contributed by atoms with E-state index in [1.165, 1.54) is 32.1 Å². The lowest BCUT2D eigenvalue weighted by Crippen LogP contribution is -2.48. The molecule has 2 atom stereocenters. The average molecular weight is 260 g/mol. The standard InChI is InChI=1S/C15H24N4/c1-2-6-17-13-8-14-3-4-15(9-13)19(14)10-12-5-7-16-11-18-12/h5,7,11,13-15,17H,2-4,6,8-10H2,1H3. The van der Waals surface area contributed by atoms with Crippen LogP contribution in [-0.2, 0) is 6.54 Å². The Bertz CT molecular complexity index is 380. The minimum Gasteiger partial charge on any atom is -0.314 e. The van der Waals surface area contributed by atoms with E-state index in [1.54, 1.807) is 6.33 Å². The van der Waals surface area contributed by atoms with E-state index in [0.29, 0.717) is 0 Å². The summed E-state index contributed by atoms with van der Waals surface area (Å²) in [5, 5.41) is 3.70. The molecule has 2 aliphatic rings. The van der Waals surface area contributed by atoms with Gasteiger partial charge >= 0.3 is 0 Å². The van der Waals surface area contributed by atoms with Crippen LogP contribution in [0.3, 0.4) is 0 Å². The van der Waals surface area contributed by atoms with Crippen LogP contribution in [0.5, 0.6) is 0 Å². The minimum atomic E-state index is 0.735. The highest BCUT2D eigenvalue weighted by molar-refractivity contribution is 5.03. The second-order valence-corrected chi connectivity index (χ2v) is 5.88. The van der Waals surface area contributed by atoms with Crippen molar-refractivity contribution in [3.63, 3.8) is 0 Å². The number of fused-ring (bicyclic) bond motifs is 2. The highest BCUT2D eigenvalue weighted by Gasteiger charge is 2.40. The molecule has 3 rings (SSSR count). The Morgan fingerprint density at radius 2 is 2.11 bits per heavy atom. The molecule has 1 N–H and O–H groups in total. The van der Waals surface area contributed by atoms with Gasteiger partial charge in [-0.1, -0.05) is 6.92 Å². The van der Waals surface area contributed by atoms with E-state index in [1.807, 2.05) is 12.3 Å². The number of hydrogen-bond acceptors (Lipinski definition) is 4. The van der Waals surface area contributed by atoms with Crippen LogP contribution in [0.4, 0.5) is 0 Å². The zero-order chi connectivity index (χ0) is 13.1. The summed E-state index contributed by atoms with van der Waals surface area (Å²) in [6, 6.07) is 4.28. The normalized spacial score (nSPS) is 30.7. The summed E-state index contributed by atoms with van der Waals surface area (Å²) >= 11 is 0. The molecule has 0 saturated carbocycles. The van der Waals surface area contributed by atoms with Crippen LogP contribution in [-0.4, -0.2) is 39.5 Å².